The SMILES string of the molecule is CC/C=C\C/C=C\C/C=C\C/C=C\C/C=C\CCCCCC(=O)OCC(COCCCCCCCCC/C=C\C/C=C\C/C=C\C/C=C\CC)OC(=O)CCCCC/C=C\C/C=C\C/C=C\CC. The van der Waals surface area contributed by atoms with Gasteiger partial charge in [-0.1, -0.05) is 212 Å². The maximum Gasteiger partial charge on any atom is 0.306 e. The minimum atomic E-state index is -0.583. The summed E-state index contributed by atoms with van der Waals surface area (Å²) in [6, 6.07) is 0. The van der Waals surface area contributed by atoms with E-state index in [9.17, 15) is 9.59 Å². The predicted octanol–water partition coefficient (Wildman–Crippen LogP) is 18.9. The molecule has 0 heterocycles. The number of carbonyl (C=O) groups excluding carboxylic acids is 2. The largest absolute Gasteiger partial charge is 0.462 e. The van der Waals surface area contributed by atoms with E-state index in [0.29, 0.717) is 19.4 Å². The molecule has 0 rings (SSSR count). The number of hydrogen-bond donors (Lipinski definition) is 0. The third-order valence-electron chi connectivity index (χ3n) is 10.9. The Morgan fingerprint density at radius 3 is 0.985 bits per heavy atom. The molecule has 0 aromatic carbocycles. The maximum atomic E-state index is 12.8. The Labute approximate surface area is 419 Å². The van der Waals surface area contributed by atoms with Gasteiger partial charge in [0, 0.05) is 19.4 Å². The first kappa shape index (κ1) is 63.8. The highest BCUT2D eigenvalue weighted by atomic mass is 16.6. The van der Waals surface area contributed by atoms with Crippen LogP contribution in [0.1, 0.15) is 213 Å². The van der Waals surface area contributed by atoms with Crippen LogP contribution in [0.5, 0.6) is 0 Å². The molecule has 0 aliphatic heterocycles. The topological polar surface area (TPSA) is 61.8 Å². The normalized spacial score (nSPS) is 13.4. The first-order chi connectivity index (χ1) is 33.6. The van der Waals surface area contributed by atoms with Crippen LogP contribution in [0, 0.1) is 0 Å². The summed E-state index contributed by atoms with van der Waals surface area (Å²) in [5, 5.41) is 0. The van der Waals surface area contributed by atoms with Crippen molar-refractivity contribution in [2.45, 2.75) is 219 Å². The van der Waals surface area contributed by atoms with Gasteiger partial charge in [0.05, 0.1) is 6.61 Å². The first-order valence-electron chi connectivity index (χ1n) is 27.4. The summed E-state index contributed by atoms with van der Waals surface area (Å²) in [6.45, 7) is 7.38. The van der Waals surface area contributed by atoms with Crippen LogP contribution in [0.4, 0.5) is 0 Å². The Bertz CT molecular complexity index is 1480. The molecule has 0 N–H and O–H groups in total. The molecule has 0 radical (unpaired) electrons. The van der Waals surface area contributed by atoms with Crippen molar-refractivity contribution in [3.8, 4) is 0 Å². The van der Waals surface area contributed by atoms with Gasteiger partial charge in [0.25, 0.3) is 0 Å². The van der Waals surface area contributed by atoms with Crippen LogP contribution >= 0.6 is 0 Å². The van der Waals surface area contributed by atoms with E-state index in [1.807, 2.05) is 0 Å². The van der Waals surface area contributed by atoms with E-state index in [0.717, 1.165) is 148 Å². The molecule has 0 aliphatic carbocycles. The zero-order valence-electron chi connectivity index (χ0n) is 43.8. The number of rotatable bonds is 48. The van der Waals surface area contributed by atoms with Crippen LogP contribution in [-0.2, 0) is 23.8 Å². The van der Waals surface area contributed by atoms with Gasteiger partial charge in [0.2, 0.25) is 0 Å². The van der Waals surface area contributed by atoms with Gasteiger partial charge in [-0.15, -0.1) is 0 Å². The summed E-state index contributed by atoms with van der Waals surface area (Å²) >= 11 is 0. The highest BCUT2D eigenvalue weighted by molar-refractivity contribution is 5.70. The summed E-state index contributed by atoms with van der Waals surface area (Å²) in [5.41, 5.74) is 0. The zero-order chi connectivity index (χ0) is 49.2. The molecule has 0 amide bonds. The lowest BCUT2D eigenvalue weighted by molar-refractivity contribution is -0.163. The first-order valence-corrected chi connectivity index (χ1v) is 27.4. The van der Waals surface area contributed by atoms with Crippen molar-refractivity contribution in [2.24, 2.45) is 0 Å². The van der Waals surface area contributed by atoms with Gasteiger partial charge in [-0.3, -0.25) is 9.59 Å². The van der Waals surface area contributed by atoms with Crippen molar-refractivity contribution in [2.75, 3.05) is 19.8 Å². The Morgan fingerprint density at radius 2 is 0.618 bits per heavy atom. The van der Waals surface area contributed by atoms with Crippen LogP contribution in [-0.4, -0.2) is 37.9 Å². The van der Waals surface area contributed by atoms with E-state index in [-0.39, 0.29) is 25.2 Å². The molecule has 0 saturated carbocycles. The molecule has 0 spiro atoms. The Balaban J connectivity index is 4.40. The van der Waals surface area contributed by atoms with Crippen molar-refractivity contribution < 1.29 is 23.8 Å². The molecule has 0 aromatic rings. The lowest BCUT2D eigenvalue weighted by atomic mass is 10.1. The summed E-state index contributed by atoms with van der Waals surface area (Å²) < 4.78 is 17.4. The van der Waals surface area contributed by atoms with Crippen molar-refractivity contribution in [1.82, 2.24) is 0 Å². The Kier molecular flexibility index (Phi) is 53.6. The van der Waals surface area contributed by atoms with E-state index in [4.69, 9.17) is 14.2 Å². The maximum absolute atomic E-state index is 12.8. The summed E-state index contributed by atoms with van der Waals surface area (Å²) in [4.78, 5) is 25.5. The third-order valence-corrected chi connectivity index (χ3v) is 10.9. The van der Waals surface area contributed by atoms with E-state index < -0.39 is 6.10 Å². The molecule has 0 saturated heterocycles. The van der Waals surface area contributed by atoms with Gasteiger partial charge < -0.3 is 14.2 Å². The fourth-order valence-electron chi connectivity index (χ4n) is 6.89. The molecular weight excluding hydrogens is 837 g/mol. The van der Waals surface area contributed by atoms with E-state index in [2.05, 4.69) is 167 Å². The highest BCUT2D eigenvalue weighted by Crippen LogP contribution is 2.12. The second kappa shape index (κ2) is 57.1. The number of unbranched alkanes of at least 4 members (excludes halogenated alkanes) is 13. The molecule has 5 nitrogen and oxygen atoms in total. The molecule has 0 bridgehead atoms. The average molecular weight is 937 g/mol. The number of allylic oxidation sites excluding steroid dienone is 24. The molecule has 0 aliphatic rings. The molecule has 0 aromatic heterocycles. The van der Waals surface area contributed by atoms with Gasteiger partial charge in [-0.25, -0.2) is 0 Å². The fraction of sp³-hybridized carbons (Fsp3) is 0.587. The Hall–Kier alpha value is -4.22. The van der Waals surface area contributed by atoms with Crippen LogP contribution in [0.15, 0.2) is 146 Å². The summed E-state index contributed by atoms with van der Waals surface area (Å²) in [5.74, 6) is -0.485. The van der Waals surface area contributed by atoms with Gasteiger partial charge in [-0.2, -0.15) is 0 Å². The van der Waals surface area contributed by atoms with Crippen LogP contribution in [0.25, 0.3) is 0 Å². The summed E-state index contributed by atoms with van der Waals surface area (Å²) in [6.07, 6.45) is 82.9. The zero-order valence-corrected chi connectivity index (χ0v) is 43.8. The van der Waals surface area contributed by atoms with Gasteiger partial charge in [0.1, 0.15) is 6.61 Å². The number of hydrogen-bond acceptors (Lipinski definition) is 5. The average Bonchev–Trinajstić information content (AvgIpc) is 3.34. The van der Waals surface area contributed by atoms with E-state index in [1.165, 1.54) is 32.1 Å². The van der Waals surface area contributed by atoms with E-state index in [1.54, 1.807) is 0 Å². The molecule has 0 fully saturated rings. The monoisotopic (exact) mass is 937 g/mol. The molecule has 1 atom stereocenters. The fourth-order valence-corrected chi connectivity index (χ4v) is 6.89. The summed E-state index contributed by atoms with van der Waals surface area (Å²) in [7, 11) is 0. The lowest BCUT2D eigenvalue weighted by Crippen LogP contribution is -2.30. The Morgan fingerprint density at radius 1 is 0.324 bits per heavy atom. The van der Waals surface area contributed by atoms with Crippen molar-refractivity contribution in [1.29, 1.82) is 0 Å². The third kappa shape index (κ3) is 54.4. The quantitative estimate of drug-likeness (QED) is 0.0346. The van der Waals surface area contributed by atoms with Gasteiger partial charge in [-0.05, 0) is 135 Å². The second-order valence-corrected chi connectivity index (χ2v) is 17.3. The van der Waals surface area contributed by atoms with Crippen LogP contribution < -0.4 is 0 Å². The van der Waals surface area contributed by atoms with Crippen LogP contribution in [0.3, 0.4) is 0 Å². The van der Waals surface area contributed by atoms with Gasteiger partial charge in [0.15, 0.2) is 6.10 Å². The molecule has 1 unspecified atom stereocenters. The number of esters is 2. The highest BCUT2D eigenvalue weighted by Gasteiger charge is 2.17. The standard InChI is InChI=1S/C63H100O5/c1-4-7-10-13-16-19-22-25-27-29-31-33-35-37-40-43-46-49-52-55-58-66-59-61(68-63(65)57-54-51-48-45-42-38-24-21-18-15-12-9-6-3)60-67-62(64)56-53-50-47-44-41-39-36-34-32-30-28-26-23-20-17-14-11-8-5-2/h7-12,16-21,25-28,31-34,38-39,41-42,61H,4-6,13-15,22-24,29-30,35-37,40,43-60H2,1-3H3/b10-7-,11-8-,12-9-,19-16-,20-17-,21-18-,27-25-,28-26-,33-31-,34-32-,41-39-,42-38-. The van der Waals surface area contributed by atoms with Crippen molar-refractivity contribution in [3.63, 3.8) is 0 Å². The minimum Gasteiger partial charge on any atom is -0.462 e. The molecule has 382 valence electrons. The molecular formula is C63H100O5. The molecule has 68 heavy (non-hydrogen) atoms. The number of carbonyl (C=O) groups is 2. The molecule has 5 heteroatoms. The minimum absolute atomic E-state index is 0.0413. The van der Waals surface area contributed by atoms with Crippen molar-refractivity contribution in [3.05, 3.63) is 146 Å². The predicted molar refractivity (Wildman–Crippen MR) is 297 cm³/mol. The van der Waals surface area contributed by atoms with Crippen LogP contribution in [0.2, 0.25) is 0 Å². The van der Waals surface area contributed by atoms with E-state index >= 15 is 0 Å². The van der Waals surface area contributed by atoms with Gasteiger partial charge >= 0.3 is 11.9 Å². The van der Waals surface area contributed by atoms with Crippen molar-refractivity contribution >= 4 is 11.9 Å². The second-order valence-electron chi connectivity index (χ2n) is 17.3. The number of ether oxygens (including phenoxy) is 3. The smallest absolute Gasteiger partial charge is 0.306 e. The lowest BCUT2D eigenvalue weighted by Gasteiger charge is -2.18.